The van der Waals surface area contributed by atoms with Gasteiger partial charge in [-0.1, -0.05) is 36.1 Å². The fourth-order valence-corrected chi connectivity index (χ4v) is 4.17. The summed E-state index contributed by atoms with van der Waals surface area (Å²) in [7, 11) is 0. The van der Waals surface area contributed by atoms with Gasteiger partial charge in [0.15, 0.2) is 5.04 Å². The van der Waals surface area contributed by atoms with Crippen molar-refractivity contribution in [2.75, 3.05) is 5.73 Å². The molecule has 2 atom stereocenters. The van der Waals surface area contributed by atoms with E-state index in [0.29, 0.717) is 15.3 Å². The van der Waals surface area contributed by atoms with Crippen molar-refractivity contribution in [2.45, 2.75) is 25.1 Å². The number of rotatable bonds is 1. The Balaban J connectivity index is 1.95. The lowest BCUT2D eigenvalue weighted by molar-refractivity contribution is -0.619. The summed E-state index contributed by atoms with van der Waals surface area (Å²) in [5.41, 5.74) is 8.61. The van der Waals surface area contributed by atoms with Gasteiger partial charge in [-0.15, -0.1) is 0 Å². The molecule has 0 fully saturated rings. The molecule has 2 aliphatic rings. The molecule has 4 rings (SSSR count). The summed E-state index contributed by atoms with van der Waals surface area (Å²) in [5, 5.41) is 26.1. The van der Waals surface area contributed by atoms with Gasteiger partial charge >= 0.3 is 11.5 Å². The van der Waals surface area contributed by atoms with Gasteiger partial charge in [0.1, 0.15) is 0 Å². The number of nitrogens with two attached hydrogens (primary N) is 1. The minimum Gasteiger partial charge on any atom is -0.710 e. The predicted octanol–water partition coefficient (Wildman–Crippen LogP) is 1.66. The Hall–Kier alpha value is -2.54. The molecule has 0 unspecified atom stereocenters. The van der Waals surface area contributed by atoms with Gasteiger partial charge in [-0.2, -0.15) is 4.73 Å². The fraction of sp³-hybridized carbons (Fsp3) is 0.235. The van der Waals surface area contributed by atoms with Crippen LogP contribution in [0.2, 0.25) is 0 Å². The monoisotopic (exact) mass is 340 g/mol. The van der Waals surface area contributed by atoms with Crippen LogP contribution in [0, 0.1) is 24.3 Å². The van der Waals surface area contributed by atoms with Gasteiger partial charge < -0.3 is 10.4 Å². The third-order valence-electron chi connectivity index (χ3n) is 4.47. The number of aliphatic imine (C=N–C) groups is 1. The summed E-state index contributed by atoms with van der Waals surface area (Å²) in [6.07, 6.45) is 7.91. The Bertz CT molecular complexity index is 965. The number of thioether (sulfide) groups is 1. The predicted molar refractivity (Wildman–Crippen MR) is 95.7 cm³/mol. The Morgan fingerprint density at radius 3 is 2.33 bits per heavy atom. The SMILES string of the molecule is Cc1cc2c(cc1C)[n+]([O-])c(C1=N[C@H]3C=CC=C[C@@H]3S1)c(N)[n+]2[O-]. The first kappa shape index (κ1) is 15.0. The number of fused-ring (bicyclic) bond motifs is 2. The van der Waals surface area contributed by atoms with E-state index in [9.17, 15) is 10.4 Å². The normalized spacial score (nSPS) is 22.0. The van der Waals surface area contributed by atoms with Crippen LogP contribution >= 0.6 is 11.8 Å². The summed E-state index contributed by atoms with van der Waals surface area (Å²) in [4.78, 5) is 4.58. The number of benzene rings is 1. The molecule has 0 spiro atoms. The zero-order valence-electron chi connectivity index (χ0n) is 13.3. The summed E-state index contributed by atoms with van der Waals surface area (Å²) in [6.45, 7) is 3.81. The van der Waals surface area contributed by atoms with Crippen LogP contribution in [0.15, 0.2) is 41.4 Å². The molecule has 1 aliphatic heterocycles. The Labute approximate surface area is 143 Å². The van der Waals surface area contributed by atoms with Crippen LogP contribution in [0.5, 0.6) is 0 Å². The van der Waals surface area contributed by atoms with E-state index in [4.69, 9.17) is 5.73 Å². The van der Waals surface area contributed by atoms with Crippen molar-refractivity contribution in [1.29, 1.82) is 0 Å². The summed E-state index contributed by atoms with van der Waals surface area (Å²) < 4.78 is 1.37. The zero-order valence-corrected chi connectivity index (χ0v) is 14.1. The standard InChI is InChI=1S/C17H16N4O2S/c1-9-7-12-13(8-10(9)2)21(23)16(18)15(20(12)22)17-19-11-5-3-4-6-14(11)24-17/h3-8,11,14H,18H2,1-2H3/t11-,14-/m0/s1. The van der Waals surface area contributed by atoms with Crippen molar-refractivity contribution in [2.24, 2.45) is 4.99 Å². The summed E-state index contributed by atoms with van der Waals surface area (Å²) >= 11 is 1.46. The molecule has 0 radical (unpaired) electrons. The van der Waals surface area contributed by atoms with E-state index in [2.05, 4.69) is 4.99 Å². The van der Waals surface area contributed by atoms with Crippen molar-refractivity contribution in [3.05, 3.63) is 63.7 Å². The largest absolute Gasteiger partial charge is 0.710 e. The summed E-state index contributed by atoms with van der Waals surface area (Å²) in [6, 6.07) is 3.40. The Morgan fingerprint density at radius 2 is 1.67 bits per heavy atom. The molecular weight excluding hydrogens is 324 g/mol. The van der Waals surface area contributed by atoms with Crippen molar-refractivity contribution in [1.82, 2.24) is 0 Å². The van der Waals surface area contributed by atoms with Crippen LogP contribution in [-0.4, -0.2) is 16.3 Å². The fourth-order valence-electron chi connectivity index (χ4n) is 2.97. The smallest absolute Gasteiger partial charge is 0.353 e. The second kappa shape index (κ2) is 5.24. The maximum atomic E-state index is 12.9. The molecule has 24 heavy (non-hydrogen) atoms. The highest BCUT2D eigenvalue weighted by Crippen LogP contribution is 2.34. The number of allylic oxidation sites excluding steroid dienone is 2. The highest BCUT2D eigenvalue weighted by molar-refractivity contribution is 8.15. The lowest BCUT2D eigenvalue weighted by Crippen LogP contribution is -2.46. The van der Waals surface area contributed by atoms with Gasteiger partial charge in [-0.05, 0) is 31.0 Å². The Morgan fingerprint density at radius 1 is 1.04 bits per heavy atom. The van der Waals surface area contributed by atoms with E-state index < -0.39 is 0 Å². The van der Waals surface area contributed by atoms with Gasteiger partial charge in [0.2, 0.25) is 5.52 Å². The van der Waals surface area contributed by atoms with E-state index in [0.717, 1.165) is 15.9 Å². The minimum atomic E-state index is -0.112. The lowest BCUT2D eigenvalue weighted by Gasteiger charge is -2.14. The van der Waals surface area contributed by atoms with Gasteiger partial charge in [-0.3, -0.25) is 10.7 Å². The average Bonchev–Trinajstić information content (AvgIpc) is 2.98. The first-order chi connectivity index (χ1) is 11.5. The van der Waals surface area contributed by atoms with Gasteiger partial charge in [0.25, 0.3) is 5.52 Å². The van der Waals surface area contributed by atoms with E-state index in [-0.39, 0.29) is 28.3 Å². The van der Waals surface area contributed by atoms with Gasteiger partial charge in [0, 0.05) is 6.07 Å². The van der Waals surface area contributed by atoms with Gasteiger partial charge in [0.05, 0.1) is 11.3 Å². The topological polar surface area (TPSA) is 92.3 Å². The molecule has 0 amide bonds. The van der Waals surface area contributed by atoms with Crippen LogP contribution in [-0.2, 0) is 0 Å². The van der Waals surface area contributed by atoms with Crippen molar-refractivity contribution in [3.63, 3.8) is 0 Å². The molecule has 0 saturated carbocycles. The van der Waals surface area contributed by atoms with E-state index in [1.54, 1.807) is 12.1 Å². The quantitative estimate of drug-likeness (QED) is 0.631. The average molecular weight is 340 g/mol. The number of aromatic nitrogens is 2. The van der Waals surface area contributed by atoms with Crippen LogP contribution in [0.25, 0.3) is 11.0 Å². The number of aryl methyl sites for hydroxylation is 2. The number of nitrogen functional groups attached to an aromatic ring is 1. The molecular formula is C17H16N4O2S. The number of hydrogen-bond acceptors (Lipinski definition) is 5. The van der Waals surface area contributed by atoms with E-state index in [1.807, 2.05) is 38.2 Å². The molecule has 2 N–H and O–H groups in total. The Kier molecular flexibility index (Phi) is 3.28. The molecule has 122 valence electrons. The van der Waals surface area contributed by atoms with Crippen molar-refractivity contribution in [3.8, 4) is 0 Å². The molecule has 1 aromatic heterocycles. The third-order valence-corrected chi connectivity index (χ3v) is 5.70. The molecule has 0 saturated heterocycles. The van der Waals surface area contributed by atoms with Crippen LogP contribution in [0.4, 0.5) is 5.82 Å². The van der Waals surface area contributed by atoms with Gasteiger partial charge in [-0.25, -0.2) is 4.73 Å². The number of hydrogen-bond donors (Lipinski definition) is 1. The van der Waals surface area contributed by atoms with E-state index in [1.165, 1.54) is 11.8 Å². The molecule has 1 aliphatic carbocycles. The van der Waals surface area contributed by atoms with Crippen LogP contribution in [0.1, 0.15) is 16.8 Å². The van der Waals surface area contributed by atoms with Crippen LogP contribution < -0.4 is 15.2 Å². The van der Waals surface area contributed by atoms with E-state index >= 15 is 0 Å². The number of anilines is 1. The highest BCUT2D eigenvalue weighted by Gasteiger charge is 2.37. The summed E-state index contributed by atoms with van der Waals surface area (Å²) in [5.74, 6) is -0.112. The highest BCUT2D eigenvalue weighted by atomic mass is 32.2. The third kappa shape index (κ3) is 2.08. The number of nitrogens with zero attached hydrogens (tertiary/aromatic N) is 3. The second-order valence-electron chi connectivity index (χ2n) is 6.02. The van der Waals surface area contributed by atoms with Crippen LogP contribution in [0.3, 0.4) is 0 Å². The van der Waals surface area contributed by atoms with Crippen molar-refractivity contribution >= 4 is 33.7 Å². The lowest BCUT2D eigenvalue weighted by atomic mass is 10.1. The first-order valence-electron chi connectivity index (χ1n) is 7.62. The molecule has 1 aromatic carbocycles. The minimum absolute atomic E-state index is 0.0232. The second-order valence-corrected chi connectivity index (χ2v) is 7.19. The maximum absolute atomic E-state index is 12.9. The molecule has 2 aromatic rings. The molecule has 2 heterocycles. The molecule has 0 bridgehead atoms. The maximum Gasteiger partial charge on any atom is 0.353 e. The van der Waals surface area contributed by atoms with Crippen molar-refractivity contribution < 1.29 is 9.46 Å². The molecule has 6 nitrogen and oxygen atoms in total. The zero-order chi connectivity index (χ0) is 17.0. The molecule has 7 heteroatoms. The first-order valence-corrected chi connectivity index (χ1v) is 8.50.